The van der Waals surface area contributed by atoms with Gasteiger partial charge in [-0.25, -0.2) is 0 Å². The van der Waals surface area contributed by atoms with E-state index in [0.29, 0.717) is 11.8 Å². The van der Waals surface area contributed by atoms with Gasteiger partial charge in [0, 0.05) is 50.5 Å². The average Bonchev–Trinajstić information content (AvgIpc) is 2.94. The van der Waals surface area contributed by atoms with Crippen molar-refractivity contribution in [3.05, 3.63) is 42.1 Å². The highest BCUT2D eigenvalue weighted by Gasteiger charge is 2.31. The Labute approximate surface area is 133 Å². The van der Waals surface area contributed by atoms with Crippen LogP contribution in [0, 0.1) is 17.4 Å². The second kappa shape index (κ2) is 6.31. The molecule has 0 radical (unpaired) electrons. The lowest BCUT2D eigenvalue weighted by atomic mass is 9.89. The Hall–Kier alpha value is -2.15. The Morgan fingerprint density at radius 3 is 2.64 bits per heavy atom. The molecular formula is C18H24N4. The zero-order valence-corrected chi connectivity index (χ0v) is 13.3. The van der Waals surface area contributed by atoms with Crippen LogP contribution in [0.1, 0.15) is 24.3 Å². The third-order valence-electron chi connectivity index (χ3n) is 4.95. The summed E-state index contributed by atoms with van der Waals surface area (Å²) in [6, 6.07) is 8.72. The minimum Gasteiger partial charge on any atom is -0.388 e. The smallest absolute Gasteiger partial charge is 0.179 e. The number of nitrogens with zero attached hydrogens (tertiary/aromatic N) is 3. The maximum Gasteiger partial charge on any atom is 0.179 e. The van der Waals surface area contributed by atoms with Crippen molar-refractivity contribution in [1.82, 2.24) is 9.80 Å². The minimum absolute atomic E-state index is 0.598. The van der Waals surface area contributed by atoms with Crippen LogP contribution in [0.5, 0.6) is 0 Å². The lowest BCUT2D eigenvalue weighted by Gasteiger charge is -2.43. The zero-order valence-electron chi connectivity index (χ0n) is 13.3. The van der Waals surface area contributed by atoms with Crippen molar-refractivity contribution in [1.29, 1.82) is 5.26 Å². The maximum atomic E-state index is 8.92. The standard InChI is InChI=1S/C18H24N4/c1-14(9-15-7-8-21(10-15)13-19)22-11-17(12-22)16-3-5-18(20-2)6-4-16/h3-6,15,17,20H,1,7-12H2,2H3/t15-/m0/s1. The number of rotatable bonds is 5. The fourth-order valence-corrected chi connectivity index (χ4v) is 3.42. The molecule has 0 unspecified atom stereocenters. The normalized spacial score (nSPS) is 21.4. The summed E-state index contributed by atoms with van der Waals surface area (Å²) in [6.45, 7) is 8.23. The van der Waals surface area contributed by atoms with Gasteiger partial charge < -0.3 is 15.1 Å². The molecule has 0 aromatic heterocycles. The van der Waals surface area contributed by atoms with E-state index in [2.05, 4.69) is 47.3 Å². The molecule has 1 aromatic rings. The summed E-state index contributed by atoms with van der Waals surface area (Å²) < 4.78 is 0. The molecule has 1 atom stereocenters. The molecule has 1 aromatic carbocycles. The molecule has 2 saturated heterocycles. The molecule has 0 bridgehead atoms. The second-order valence-electron chi connectivity index (χ2n) is 6.44. The van der Waals surface area contributed by atoms with Crippen LogP contribution in [0.3, 0.4) is 0 Å². The number of hydrogen-bond acceptors (Lipinski definition) is 4. The van der Waals surface area contributed by atoms with Gasteiger partial charge in [-0.05, 0) is 36.5 Å². The van der Waals surface area contributed by atoms with Crippen LogP contribution in [0.25, 0.3) is 0 Å². The molecule has 22 heavy (non-hydrogen) atoms. The molecule has 4 heteroatoms. The van der Waals surface area contributed by atoms with Gasteiger partial charge in [0.25, 0.3) is 0 Å². The SMILES string of the molecule is C=C(C[C@@H]1CCN(C#N)C1)N1CC(c2ccc(NC)cc2)C1. The summed E-state index contributed by atoms with van der Waals surface area (Å²) in [5.41, 5.74) is 3.82. The molecule has 4 nitrogen and oxygen atoms in total. The fourth-order valence-electron chi connectivity index (χ4n) is 3.42. The molecule has 0 spiro atoms. The van der Waals surface area contributed by atoms with Crippen molar-refractivity contribution >= 4 is 5.69 Å². The fraction of sp³-hybridized carbons (Fsp3) is 0.500. The van der Waals surface area contributed by atoms with Crippen LogP contribution in [-0.4, -0.2) is 43.0 Å². The molecular weight excluding hydrogens is 272 g/mol. The predicted octanol–water partition coefficient (Wildman–Crippen LogP) is 2.83. The largest absolute Gasteiger partial charge is 0.388 e. The quantitative estimate of drug-likeness (QED) is 0.849. The zero-order chi connectivity index (χ0) is 15.5. The third-order valence-corrected chi connectivity index (χ3v) is 4.95. The first-order valence-corrected chi connectivity index (χ1v) is 8.04. The van der Waals surface area contributed by atoms with E-state index in [-0.39, 0.29) is 0 Å². The van der Waals surface area contributed by atoms with E-state index in [1.54, 1.807) is 0 Å². The number of nitriles is 1. The van der Waals surface area contributed by atoms with Gasteiger partial charge in [0.05, 0.1) is 0 Å². The molecule has 0 amide bonds. The first-order valence-electron chi connectivity index (χ1n) is 8.04. The molecule has 2 fully saturated rings. The van der Waals surface area contributed by atoms with Crippen molar-refractivity contribution in [2.45, 2.75) is 18.8 Å². The summed E-state index contributed by atoms with van der Waals surface area (Å²) in [5, 5.41) is 12.1. The first-order chi connectivity index (χ1) is 10.7. The summed E-state index contributed by atoms with van der Waals surface area (Å²) >= 11 is 0. The van der Waals surface area contributed by atoms with Gasteiger partial charge in [-0.3, -0.25) is 0 Å². The van der Waals surface area contributed by atoms with Crippen molar-refractivity contribution in [2.24, 2.45) is 5.92 Å². The molecule has 1 N–H and O–H groups in total. The molecule has 116 valence electrons. The summed E-state index contributed by atoms with van der Waals surface area (Å²) in [4.78, 5) is 4.26. The van der Waals surface area contributed by atoms with E-state index in [0.717, 1.165) is 44.7 Å². The first kappa shape index (κ1) is 14.8. The summed E-state index contributed by atoms with van der Waals surface area (Å²) in [6.07, 6.45) is 4.40. The lowest BCUT2D eigenvalue weighted by molar-refractivity contribution is 0.187. The number of likely N-dealkylation sites (tertiary alicyclic amines) is 2. The lowest BCUT2D eigenvalue weighted by Crippen LogP contribution is -2.44. The molecule has 2 heterocycles. The average molecular weight is 296 g/mol. The van der Waals surface area contributed by atoms with Gasteiger partial charge in [-0.1, -0.05) is 18.7 Å². The van der Waals surface area contributed by atoms with E-state index in [4.69, 9.17) is 5.26 Å². The molecule has 3 rings (SSSR count). The van der Waals surface area contributed by atoms with Crippen LogP contribution < -0.4 is 5.32 Å². The number of anilines is 1. The summed E-state index contributed by atoms with van der Waals surface area (Å²) in [5.74, 6) is 1.22. The maximum absolute atomic E-state index is 8.92. The highest BCUT2D eigenvalue weighted by atomic mass is 15.2. The van der Waals surface area contributed by atoms with Gasteiger partial charge in [0.2, 0.25) is 0 Å². The van der Waals surface area contributed by atoms with E-state index in [9.17, 15) is 0 Å². The van der Waals surface area contributed by atoms with Crippen LogP contribution in [0.4, 0.5) is 5.69 Å². The highest BCUT2D eigenvalue weighted by molar-refractivity contribution is 5.45. The van der Waals surface area contributed by atoms with E-state index >= 15 is 0 Å². The number of allylic oxidation sites excluding steroid dienone is 1. The van der Waals surface area contributed by atoms with Gasteiger partial charge in [0.15, 0.2) is 6.19 Å². The molecule has 0 saturated carbocycles. The van der Waals surface area contributed by atoms with E-state index < -0.39 is 0 Å². The van der Waals surface area contributed by atoms with E-state index in [1.807, 2.05) is 11.9 Å². The van der Waals surface area contributed by atoms with Crippen LogP contribution in [-0.2, 0) is 0 Å². The monoisotopic (exact) mass is 296 g/mol. The Bertz CT molecular complexity index is 566. The number of benzene rings is 1. The second-order valence-corrected chi connectivity index (χ2v) is 6.44. The third kappa shape index (κ3) is 3.04. The minimum atomic E-state index is 0.598. The summed E-state index contributed by atoms with van der Waals surface area (Å²) in [7, 11) is 1.94. The van der Waals surface area contributed by atoms with Gasteiger partial charge >= 0.3 is 0 Å². The Morgan fingerprint density at radius 1 is 1.32 bits per heavy atom. The number of nitrogens with one attached hydrogen (secondary N) is 1. The Morgan fingerprint density at radius 2 is 2.05 bits per heavy atom. The van der Waals surface area contributed by atoms with Crippen molar-refractivity contribution in [3.8, 4) is 6.19 Å². The molecule has 2 aliphatic rings. The van der Waals surface area contributed by atoms with Crippen molar-refractivity contribution in [3.63, 3.8) is 0 Å². The van der Waals surface area contributed by atoms with Crippen molar-refractivity contribution in [2.75, 3.05) is 38.5 Å². The van der Waals surface area contributed by atoms with E-state index in [1.165, 1.54) is 11.3 Å². The highest BCUT2D eigenvalue weighted by Crippen LogP contribution is 2.33. The van der Waals surface area contributed by atoms with Crippen LogP contribution in [0.2, 0.25) is 0 Å². The topological polar surface area (TPSA) is 42.3 Å². The molecule has 0 aliphatic carbocycles. The van der Waals surface area contributed by atoms with Crippen LogP contribution in [0.15, 0.2) is 36.5 Å². The molecule has 2 aliphatic heterocycles. The number of hydrogen-bond donors (Lipinski definition) is 1. The Kier molecular flexibility index (Phi) is 4.24. The van der Waals surface area contributed by atoms with Crippen molar-refractivity contribution < 1.29 is 0 Å². The van der Waals surface area contributed by atoms with Crippen LogP contribution >= 0.6 is 0 Å². The van der Waals surface area contributed by atoms with Gasteiger partial charge in [-0.15, -0.1) is 0 Å². The van der Waals surface area contributed by atoms with Gasteiger partial charge in [0.1, 0.15) is 0 Å². The predicted molar refractivity (Wildman–Crippen MR) is 89.4 cm³/mol. The Balaban J connectivity index is 1.46. The van der Waals surface area contributed by atoms with Gasteiger partial charge in [-0.2, -0.15) is 5.26 Å².